The van der Waals surface area contributed by atoms with Crippen molar-refractivity contribution in [2.45, 2.75) is 32.2 Å². The highest BCUT2D eigenvalue weighted by atomic mass is 35.5. The molecule has 4 nitrogen and oxygen atoms in total. The van der Waals surface area contributed by atoms with E-state index >= 15 is 0 Å². The largest absolute Gasteiger partial charge is 0.334 e. The van der Waals surface area contributed by atoms with Crippen LogP contribution in [0.3, 0.4) is 0 Å². The van der Waals surface area contributed by atoms with Crippen molar-refractivity contribution in [3.63, 3.8) is 0 Å². The van der Waals surface area contributed by atoms with E-state index in [1.807, 2.05) is 13.8 Å². The first-order valence-corrected chi connectivity index (χ1v) is 5.80. The Balaban J connectivity index is 2.94. The molecule has 0 fully saturated rings. The van der Waals surface area contributed by atoms with Crippen LogP contribution in [0.4, 0.5) is 0 Å². The molecule has 0 aliphatic heterocycles. The van der Waals surface area contributed by atoms with Crippen molar-refractivity contribution < 1.29 is 4.79 Å². The first kappa shape index (κ1) is 13.5. The number of hydrogen-bond acceptors (Lipinski definition) is 3. The molecule has 1 heterocycles. The standard InChI is InChI=1S/C12H14ClN3O/c1-3-12(4-2,8-14)16-11(17)9-6-5-7-15-10(9)13/h5-7H,3-4H2,1-2H3,(H,16,17). The molecule has 90 valence electrons. The number of halogens is 1. The van der Waals surface area contributed by atoms with Crippen molar-refractivity contribution in [1.29, 1.82) is 5.26 Å². The summed E-state index contributed by atoms with van der Waals surface area (Å²) >= 11 is 5.82. The second-order valence-electron chi connectivity index (χ2n) is 3.70. The van der Waals surface area contributed by atoms with Gasteiger partial charge in [0.2, 0.25) is 0 Å². The van der Waals surface area contributed by atoms with Gasteiger partial charge in [-0.2, -0.15) is 5.26 Å². The summed E-state index contributed by atoms with van der Waals surface area (Å²) in [5.41, 5.74) is -0.549. The lowest BCUT2D eigenvalue weighted by atomic mass is 9.94. The topological polar surface area (TPSA) is 65.8 Å². The number of amides is 1. The highest BCUT2D eigenvalue weighted by Crippen LogP contribution is 2.17. The quantitative estimate of drug-likeness (QED) is 0.837. The molecule has 1 aromatic rings. The van der Waals surface area contributed by atoms with Gasteiger partial charge < -0.3 is 5.32 Å². The van der Waals surface area contributed by atoms with Gasteiger partial charge in [0.05, 0.1) is 11.6 Å². The number of pyridine rings is 1. The third-order valence-corrected chi connectivity index (χ3v) is 3.08. The minimum absolute atomic E-state index is 0.143. The zero-order valence-electron chi connectivity index (χ0n) is 9.83. The summed E-state index contributed by atoms with van der Waals surface area (Å²) < 4.78 is 0. The van der Waals surface area contributed by atoms with E-state index < -0.39 is 5.54 Å². The van der Waals surface area contributed by atoms with E-state index in [9.17, 15) is 4.79 Å². The fourth-order valence-electron chi connectivity index (χ4n) is 1.45. The molecular formula is C12H14ClN3O. The molecule has 0 aliphatic rings. The number of carbonyl (C=O) groups is 1. The molecule has 5 heteroatoms. The second-order valence-corrected chi connectivity index (χ2v) is 4.05. The van der Waals surface area contributed by atoms with Crippen LogP contribution in [0.15, 0.2) is 18.3 Å². The van der Waals surface area contributed by atoms with Crippen LogP contribution in [0, 0.1) is 11.3 Å². The van der Waals surface area contributed by atoms with Crippen LogP contribution in [0.2, 0.25) is 5.15 Å². The predicted molar refractivity (Wildman–Crippen MR) is 65.6 cm³/mol. The van der Waals surface area contributed by atoms with E-state index in [1.165, 1.54) is 6.20 Å². The molecule has 0 radical (unpaired) electrons. The second kappa shape index (κ2) is 5.65. The molecule has 17 heavy (non-hydrogen) atoms. The van der Waals surface area contributed by atoms with E-state index in [2.05, 4.69) is 16.4 Å². The minimum Gasteiger partial charge on any atom is -0.334 e. The average molecular weight is 252 g/mol. The van der Waals surface area contributed by atoms with Crippen molar-refractivity contribution in [3.05, 3.63) is 29.0 Å². The Labute approximate surface area is 106 Å². The van der Waals surface area contributed by atoms with E-state index in [1.54, 1.807) is 12.1 Å². The third kappa shape index (κ3) is 2.95. The van der Waals surface area contributed by atoms with Crippen LogP contribution in [-0.2, 0) is 0 Å². The molecule has 0 aromatic carbocycles. The zero-order valence-corrected chi connectivity index (χ0v) is 10.6. The van der Waals surface area contributed by atoms with E-state index in [-0.39, 0.29) is 16.6 Å². The fraction of sp³-hybridized carbons (Fsp3) is 0.417. The van der Waals surface area contributed by atoms with Crippen LogP contribution >= 0.6 is 11.6 Å². The molecule has 0 atom stereocenters. The summed E-state index contributed by atoms with van der Waals surface area (Å²) in [4.78, 5) is 15.8. The van der Waals surface area contributed by atoms with Crippen LogP contribution in [0.1, 0.15) is 37.0 Å². The molecule has 0 saturated heterocycles. The average Bonchev–Trinajstić information content (AvgIpc) is 2.36. The van der Waals surface area contributed by atoms with Gasteiger partial charge in [0.15, 0.2) is 0 Å². The Kier molecular flexibility index (Phi) is 4.47. The van der Waals surface area contributed by atoms with Crippen molar-refractivity contribution in [1.82, 2.24) is 10.3 Å². The smallest absolute Gasteiger partial charge is 0.255 e. The molecule has 1 rings (SSSR count). The van der Waals surface area contributed by atoms with Gasteiger partial charge in [-0.1, -0.05) is 25.4 Å². The highest BCUT2D eigenvalue weighted by Gasteiger charge is 2.28. The van der Waals surface area contributed by atoms with Crippen LogP contribution < -0.4 is 5.32 Å². The number of carbonyl (C=O) groups excluding carboxylic acids is 1. The molecule has 1 amide bonds. The maximum absolute atomic E-state index is 12.0. The number of hydrogen-bond donors (Lipinski definition) is 1. The lowest BCUT2D eigenvalue weighted by Crippen LogP contribution is -2.46. The van der Waals surface area contributed by atoms with E-state index in [0.717, 1.165) is 0 Å². The van der Waals surface area contributed by atoms with Crippen molar-refractivity contribution in [2.24, 2.45) is 0 Å². The summed E-state index contributed by atoms with van der Waals surface area (Å²) in [5.74, 6) is -0.367. The van der Waals surface area contributed by atoms with Crippen molar-refractivity contribution >= 4 is 17.5 Å². The molecule has 0 spiro atoms. The molecule has 0 aliphatic carbocycles. The third-order valence-electron chi connectivity index (χ3n) is 2.78. The molecule has 0 saturated carbocycles. The summed E-state index contributed by atoms with van der Waals surface area (Å²) in [7, 11) is 0. The van der Waals surface area contributed by atoms with Gasteiger partial charge in [-0.15, -0.1) is 0 Å². The zero-order chi connectivity index (χ0) is 12.9. The van der Waals surface area contributed by atoms with Gasteiger partial charge >= 0.3 is 0 Å². The summed E-state index contributed by atoms with van der Waals surface area (Å²) in [6.45, 7) is 3.72. The first-order chi connectivity index (χ1) is 8.08. The molecular weight excluding hydrogens is 238 g/mol. The van der Waals surface area contributed by atoms with E-state index in [0.29, 0.717) is 12.8 Å². The maximum Gasteiger partial charge on any atom is 0.255 e. The molecule has 1 N–H and O–H groups in total. The lowest BCUT2D eigenvalue weighted by molar-refractivity contribution is 0.0915. The van der Waals surface area contributed by atoms with Gasteiger partial charge in [-0.25, -0.2) is 4.98 Å². The lowest BCUT2D eigenvalue weighted by Gasteiger charge is -2.24. The summed E-state index contributed by atoms with van der Waals surface area (Å²) in [6, 6.07) is 5.35. The fourth-order valence-corrected chi connectivity index (χ4v) is 1.66. The summed E-state index contributed by atoms with van der Waals surface area (Å²) in [6.07, 6.45) is 2.60. The Morgan fingerprint density at radius 2 is 2.24 bits per heavy atom. The van der Waals surface area contributed by atoms with Gasteiger partial charge in [-0.3, -0.25) is 4.79 Å². The normalized spacial score (nSPS) is 10.7. The molecule has 1 aromatic heterocycles. The highest BCUT2D eigenvalue weighted by molar-refractivity contribution is 6.32. The first-order valence-electron chi connectivity index (χ1n) is 5.43. The molecule has 0 unspecified atom stereocenters. The van der Waals surface area contributed by atoms with Gasteiger partial charge in [0, 0.05) is 6.20 Å². The number of nitrogens with one attached hydrogen (secondary N) is 1. The Bertz CT molecular complexity index is 449. The van der Waals surface area contributed by atoms with Crippen LogP contribution in [0.5, 0.6) is 0 Å². The minimum atomic E-state index is -0.837. The Morgan fingerprint density at radius 3 is 2.71 bits per heavy atom. The van der Waals surface area contributed by atoms with Gasteiger partial charge in [0.25, 0.3) is 5.91 Å². The maximum atomic E-state index is 12.0. The number of nitriles is 1. The van der Waals surface area contributed by atoms with Crippen LogP contribution in [0.25, 0.3) is 0 Å². The summed E-state index contributed by atoms with van der Waals surface area (Å²) in [5, 5.41) is 12.0. The number of rotatable bonds is 4. The van der Waals surface area contributed by atoms with Crippen molar-refractivity contribution in [3.8, 4) is 6.07 Å². The van der Waals surface area contributed by atoms with Crippen molar-refractivity contribution in [2.75, 3.05) is 0 Å². The van der Waals surface area contributed by atoms with Gasteiger partial charge in [0.1, 0.15) is 10.7 Å². The Hall–Kier alpha value is -1.60. The van der Waals surface area contributed by atoms with E-state index in [4.69, 9.17) is 16.9 Å². The predicted octanol–water partition coefficient (Wildman–Crippen LogP) is 2.55. The van der Waals surface area contributed by atoms with Crippen LogP contribution in [-0.4, -0.2) is 16.4 Å². The monoisotopic (exact) mass is 251 g/mol. The number of nitrogens with zero attached hydrogens (tertiary/aromatic N) is 2. The number of aromatic nitrogens is 1. The molecule has 0 bridgehead atoms. The Morgan fingerprint density at radius 1 is 1.59 bits per heavy atom. The van der Waals surface area contributed by atoms with Gasteiger partial charge in [-0.05, 0) is 25.0 Å². The SMILES string of the molecule is CCC(C#N)(CC)NC(=O)c1cccnc1Cl.